The second kappa shape index (κ2) is 13.4. The van der Waals surface area contributed by atoms with Crippen molar-refractivity contribution in [2.45, 2.75) is 64.7 Å². The van der Waals surface area contributed by atoms with Crippen LogP contribution in [0.5, 0.6) is 0 Å². The van der Waals surface area contributed by atoms with Gasteiger partial charge in [-0.3, -0.25) is 9.59 Å². The number of carbonyl (C=O) groups is 2. The molecule has 5 heteroatoms. The molecule has 4 nitrogen and oxygen atoms in total. The topological polar surface area (TPSA) is 74.6 Å². The summed E-state index contributed by atoms with van der Waals surface area (Å²) in [7, 11) is 0. The molecule has 0 fully saturated rings. The van der Waals surface area contributed by atoms with E-state index in [9.17, 15) is 9.59 Å². The minimum atomic E-state index is -0.806. The molecular formula is C13H25NaO4. The van der Waals surface area contributed by atoms with Gasteiger partial charge in [-0.1, -0.05) is 39.0 Å². The van der Waals surface area contributed by atoms with Crippen molar-refractivity contribution < 1.29 is 19.8 Å². The molecule has 0 rings (SSSR count). The predicted molar refractivity (Wildman–Crippen MR) is 73.1 cm³/mol. The van der Waals surface area contributed by atoms with Crippen molar-refractivity contribution in [2.24, 2.45) is 5.92 Å². The maximum atomic E-state index is 11.0. The standard InChI is InChI=1S/C13H24O4.Na.H/c1-2-3-4-5-8-11(13(16)17)9-6-7-10-12(14)15;;/h11H,2-10H2,1H3,(H,14,15)(H,16,17);;. The molecule has 0 saturated carbocycles. The summed E-state index contributed by atoms with van der Waals surface area (Å²) in [5, 5.41) is 17.5. The Morgan fingerprint density at radius 3 is 1.94 bits per heavy atom. The minimum absolute atomic E-state index is 0. The summed E-state index contributed by atoms with van der Waals surface area (Å²) in [5.74, 6) is -1.84. The van der Waals surface area contributed by atoms with Gasteiger partial charge in [0.2, 0.25) is 0 Å². The zero-order chi connectivity index (χ0) is 13.1. The molecule has 0 aromatic rings. The first-order chi connectivity index (χ1) is 8.07. The average Bonchev–Trinajstić information content (AvgIpc) is 2.26. The molecule has 0 aliphatic heterocycles. The molecule has 0 heterocycles. The van der Waals surface area contributed by atoms with Crippen LogP contribution in [-0.4, -0.2) is 51.7 Å². The van der Waals surface area contributed by atoms with Gasteiger partial charge in [-0.05, 0) is 19.3 Å². The second-order valence-corrected chi connectivity index (χ2v) is 4.52. The molecule has 18 heavy (non-hydrogen) atoms. The molecule has 0 aliphatic rings. The summed E-state index contributed by atoms with van der Waals surface area (Å²) >= 11 is 0. The number of carboxylic acid groups (broad SMARTS) is 2. The van der Waals surface area contributed by atoms with E-state index in [0.717, 1.165) is 32.1 Å². The molecule has 0 spiro atoms. The molecule has 102 valence electrons. The Bertz CT molecular complexity index is 231. The van der Waals surface area contributed by atoms with Gasteiger partial charge in [-0.2, -0.15) is 0 Å². The fourth-order valence-corrected chi connectivity index (χ4v) is 1.88. The van der Waals surface area contributed by atoms with Gasteiger partial charge in [0.25, 0.3) is 0 Å². The number of hydrogen-bond acceptors (Lipinski definition) is 2. The van der Waals surface area contributed by atoms with Crippen LogP contribution in [0.25, 0.3) is 0 Å². The van der Waals surface area contributed by atoms with Crippen LogP contribution in [0.3, 0.4) is 0 Å². The summed E-state index contributed by atoms with van der Waals surface area (Å²) in [4.78, 5) is 21.3. The monoisotopic (exact) mass is 268 g/mol. The summed E-state index contributed by atoms with van der Waals surface area (Å²) in [6.45, 7) is 2.13. The first kappa shape index (κ1) is 20.3. The quantitative estimate of drug-likeness (QED) is 0.446. The molecular weight excluding hydrogens is 243 g/mol. The van der Waals surface area contributed by atoms with Crippen molar-refractivity contribution in [1.29, 1.82) is 0 Å². The second-order valence-electron chi connectivity index (χ2n) is 4.52. The molecule has 1 unspecified atom stereocenters. The van der Waals surface area contributed by atoms with Gasteiger partial charge in [0, 0.05) is 6.42 Å². The third kappa shape index (κ3) is 12.4. The Morgan fingerprint density at radius 1 is 0.944 bits per heavy atom. The fraction of sp³-hybridized carbons (Fsp3) is 0.846. The van der Waals surface area contributed by atoms with Crippen molar-refractivity contribution in [3.8, 4) is 0 Å². The Labute approximate surface area is 131 Å². The van der Waals surface area contributed by atoms with Crippen molar-refractivity contribution in [2.75, 3.05) is 0 Å². The Balaban J connectivity index is 0. The molecule has 2 N–H and O–H groups in total. The summed E-state index contributed by atoms with van der Waals surface area (Å²) < 4.78 is 0. The zero-order valence-electron chi connectivity index (χ0n) is 10.7. The van der Waals surface area contributed by atoms with Gasteiger partial charge in [-0.25, -0.2) is 0 Å². The predicted octanol–water partition coefficient (Wildman–Crippen LogP) is 2.65. The van der Waals surface area contributed by atoms with E-state index in [2.05, 4.69) is 6.92 Å². The number of aliphatic carboxylic acids is 2. The zero-order valence-corrected chi connectivity index (χ0v) is 10.7. The molecule has 0 radical (unpaired) electrons. The summed E-state index contributed by atoms with van der Waals surface area (Å²) in [6, 6.07) is 0. The van der Waals surface area contributed by atoms with Crippen molar-refractivity contribution >= 4 is 41.5 Å². The van der Waals surface area contributed by atoms with Gasteiger partial charge in [0.1, 0.15) is 0 Å². The maximum absolute atomic E-state index is 11.0. The summed E-state index contributed by atoms with van der Waals surface area (Å²) in [6.07, 6.45) is 7.10. The Morgan fingerprint density at radius 2 is 1.50 bits per heavy atom. The third-order valence-corrected chi connectivity index (χ3v) is 2.95. The van der Waals surface area contributed by atoms with Gasteiger partial charge >= 0.3 is 41.5 Å². The van der Waals surface area contributed by atoms with E-state index in [-0.39, 0.29) is 41.9 Å². The van der Waals surface area contributed by atoms with Crippen molar-refractivity contribution in [3.05, 3.63) is 0 Å². The number of rotatable bonds is 11. The molecule has 0 aliphatic carbocycles. The SMILES string of the molecule is CCCCCCC(CCCCC(=O)O)C(=O)O.[NaH]. The van der Waals surface area contributed by atoms with Crippen LogP contribution < -0.4 is 0 Å². The van der Waals surface area contributed by atoms with Crippen LogP contribution in [0.2, 0.25) is 0 Å². The van der Waals surface area contributed by atoms with E-state index in [4.69, 9.17) is 10.2 Å². The molecule has 0 aromatic carbocycles. The van der Waals surface area contributed by atoms with Crippen LogP contribution in [0.1, 0.15) is 64.7 Å². The van der Waals surface area contributed by atoms with Gasteiger partial charge in [0.15, 0.2) is 0 Å². The van der Waals surface area contributed by atoms with Gasteiger partial charge in [0.05, 0.1) is 5.92 Å². The van der Waals surface area contributed by atoms with E-state index < -0.39 is 11.9 Å². The van der Waals surface area contributed by atoms with E-state index in [1.54, 1.807) is 0 Å². The molecule has 0 bridgehead atoms. The average molecular weight is 268 g/mol. The number of hydrogen-bond donors (Lipinski definition) is 2. The van der Waals surface area contributed by atoms with E-state index >= 15 is 0 Å². The first-order valence-electron chi connectivity index (χ1n) is 6.52. The molecule has 0 saturated heterocycles. The fourth-order valence-electron chi connectivity index (χ4n) is 1.88. The van der Waals surface area contributed by atoms with E-state index in [0.29, 0.717) is 19.3 Å². The number of unbranched alkanes of at least 4 members (excludes halogenated alkanes) is 4. The Kier molecular flexibility index (Phi) is 15.1. The number of carboxylic acids is 2. The van der Waals surface area contributed by atoms with Crippen LogP contribution >= 0.6 is 0 Å². The third-order valence-electron chi connectivity index (χ3n) is 2.95. The molecule has 0 amide bonds. The Hall–Kier alpha value is -0.0600. The normalized spacial score (nSPS) is 11.6. The molecule has 0 aromatic heterocycles. The van der Waals surface area contributed by atoms with Crippen LogP contribution in [0.4, 0.5) is 0 Å². The van der Waals surface area contributed by atoms with E-state index in [1.165, 1.54) is 0 Å². The van der Waals surface area contributed by atoms with Gasteiger partial charge in [-0.15, -0.1) is 0 Å². The van der Waals surface area contributed by atoms with Crippen LogP contribution in [-0.2, 0) is 9.59 Å². The molecule has 1 atom stereocenters. The van der Waals surface area contributed by atoms with Crippen LogP contribution in [0.15, 0.2) is 0 Å². The van der Waals surface area contributed by atoms with Crippen LogP contribution in [0, 0.1) is 5.92 Å². The van der Waals surface area contributed by atoms with Crippen molar-refractivity contribution in [1.82, 2.24) is 0 Å². The van der Waals surface area contributed by atoms with Gasteiger partial charge < -0.3 is 10.2 Å². The first-order valence-corrected chi connectivity index (χ1v) is 6.52. The van der Waals surface area contributed by atoms with Crippen molar-refractivity contribution in [3.63, 3.8) is 0 Å². The summed E-state index contributed by atoms with van der Waals surface area (Å²) in [5.41, 5.74) is 0. The van der Waals surface area contributed by atoms with E-state index in [1.807, 2.05) is 0 Å².